The highest BCUT2D eigenvalue weighted by molar-refractivity contribution is 5.93. The lowest BCUT2D eigenvalue weighted by molar-refractivity contribution is -0.384. The smallest absolute Gasteiger partial charge is 0.338 e. The van der Waals surface area contributed by atoms with Gasteiger partial charge < -0.3 is 15.4 Å². The van der Waals surface area contributed by atoms with E-state index in [2.05, 4.69) is 10.6 Å². The molecule has 0 aliphatic rings. The Hall–Kier alpha value is -3.42. The number of hydrogen-bond donors (Lipinski definition) is 2. The first-order valence-electron chi connectivity index (χ1n) is 8.93. The van der Waals surface area contributed by atoms with Crippen molar-refractivity contribution in [2.24, 2.45) is 0 Å². The Morgan fingerprint density at radius 1 is 1.18 bits per heavy atom. The van der Waals surface area contributed by atoms with Gasteiger partial charge in [0.1, 0.15) is 5.69 Å². The van der Waals surface area contributed by atoms with Gasteiger partial charge in [-0.15, -0.1) is 0 Å². The zero-order valence-corrected chi connectivity index (χ0v) is 15.8. The predicted octanol–water partition coefficient (Wildman–Crippen LogP) is 3.28. The number of nitrogens with zero attached hydrogens (tertiary/aromatic N) is 1. The van der Waals surface area contributed by atoms with E-state index < -0.39 is 23.4 Å². The molecule has 28 heavy (non-hydrogen) atoms. The van der Waals surface area contributed by atoms with Crippen LogP contribution in [0.1, 0.15) is 36.2 Å². The minimum Gasteiger partial charge on any atom is -0.452 e. The van der Waals surface area contributed by atoms with Crippen LogP contribution in [0.4, 0.5) is 11.4 Å². The summed E-state index contributed by atoms with van der Waals surface area (Å²) in [5.41, 5.74) is 1.02. The second-order valence-corrected chi connectivity index (χ2v) is 6.28. The fourth-order valence-corrected chi connectivity index (χ4v) is 2.39. The standard InChI is InChI=1S/C20H23N3O5/c1-3-14(2)22-19(24)13-28-20(25)16-9-10-17(18(11-16)23(26)27)21-12-15-7-5-4-6-8-15/h4-11,14,21H,3,12-13H2,1-2H3,(H,22,24)/t14-/m0/s1. The topological polar surface area (TPSA) is 111 Å². The van der Waals surface area contributed by atoms with E-state index in [9.17, 15) is 19.7 Å². The average molecular weight is 385 g/mol. The molecule has 2 N–H and O–H groups in total. The van der Waals surface area contributed by atoms with E-state index in [4.69, 9.17) is 4.74 Å². The van der Waals surface area contributed by atoms with Crippen LogP contribution >= 0.6 is 0 Å². The molecule has 0 spiro atoms. The van der Waals surface area contributed by atoms with Crippen molar-refractivity contribution in [3.8, 4) is 0 Å². The molecule has 148 valence electrons. The van der Waals surface area contributed by atoms with Crippen LogP contribution in [0.15, 0.2) is 48.5 Å². The first-order valence-corrected chi connectivity index (χ1v) is 8.93. The third-order valence-electron chi connectivity index (χ3n) is 4.11. The Kier molecular flexibility index (Phi) is 7.50. The zero-order chi connectivity index (χ0) is 20.5. The second kappa shape index (κ2) is 10.1. The van der Waals surface area contributed by atoms with Crippen LogP contribution in [0.25, 0.3) is 0 Å². The molecule has 0 aromatic heterocycles. The van der Waals surface area contributed by atoms with Gasteiger partial charge in [-0.2, -0.15) is 0 Å². The zero-order valence-electron chi connectivity index (χ0n) is 15.8. The third kappa shape index (κ3) is 6.08. The van der Waals surface area contributed by atoms with Crippen molar-refractivity contribution in [2.45, 2.75) is 32.9 Å². The van der Waals surface area contributed by atoms with Crippen LogP contribution in [0.3, 0.4) is 0 Å². The van der Waals surface area contributed by atoms with Gasteiger partial charge in [0.05, 0.1) is 10.5 Å². The lowest BCUT2D eigenvalue weighted by atomic mass is 10.1. The third-order valence-corrected chi connectivity index (χ3v) is 4.11. The summed E-state index contributed by atoms with van der Waals surface area (Å²) in [7, 11) is 0. The molecule has 8 heteroatoms. The van der Waals surface area contributed by atoms with Crippen LogP contribution in [-0.2, 0) is 16.1 Å². The number of nitrogens with one attached hydrogen (secondary N) is 2. The van der Waals surface area contributed by atoms with Crippen molar-refractivity contribution in [1.29, 1.82) is 0 Å². The summed E-state index contributed by atoms with van der Waals surface area (Å²) in [6, 6.07) is 13.4. The number of carbonyl (C=O) groups excluding carboxylic acids is 2. The van der Waals surface area contributed by atoms with Crippen LogP contribution in [-0.4, -0.2) is 29.4 Å². The number of hydrogen-bond acceptors (Lipinski definition) is 6. The Morgan fingerprint density at radius 2 is 1.89 bits per heavy atom. The van der Waals surface area contributed by atoms with Crippen molar-refractivity contribution in [3.63, 3.8) is 0 Å². The fraction of sp³-hybridized carbons (Fsp3) is 0.300. The van der Waals surface area contributed by atoms with Gasteiger partial charge in [0.2, 0.25) is 0 Å². The fourth-order valence-electron chi connectivity index (χ4n) is 2.39. The summed E-state index contributed by atoms with van der Waals surface area (Å²) in [5.74, 6) is -1.21. The van der Waals surface area contributed by atoms with Gasteiger partial charge in [0, 0.05) is 18.7 Å². The maximum absolute atomic E-state index is 12.1. The Balaban J connectivity index is 2.03. The number of benzene rings is 2. The van der Waals surface area contributed by atoms with Gasteiger partial charge in [-0.05, 0) is 31.0 Å². The number of nitro benzene ring substituents is 1. The Bertz CT molecular complexity index is 839. The van der Waals surface area contributed by atoms with Gasteiger partial charge in [-0.3, -0.25) is 14.9 Å². The average Bonchev–Trinajstić information content (AvgIpc) is 2.70. The monoisotopic (exact) mass is 385 g/mol. The van der Waals surface area contributed by atoms with Crippen LogP contribution < -0.4 is 10.6 Å². The van der Waals surface area contributed by atoms with Crippen molar-refractivity contribution in [2.75, 3.05) is 11.9 Å². The van der Waals surface area contributed by atoms with Gasteiger partial charge in [-0.25, -0.2) is 4.79 Å². The molecule has 0 bridgehead atoms. The Morgan fingerprint density at radius 3 is 2.54 bits per heavy atom. The molecular weight excluding hydrogens is 362 g/mol. The highest BCUT2D eigenvalue weighted by Crippen LogP contribution is 2.26. The maximum atomic E-state index is 12.1. The highest BCUT2D eigenvalue weighted by Gasteiger charge is 2.19. The molecule has 1 amide bonds. The van der Waals surface area contributed by atoms with E-state index in [-0.39, 0.29) is 17.3 Å². The molecule has 2 aromatic carbocycles. The summed E-state index contributed by atoms with van der Waals surface area (Å²) >= 11 is 0. The van der Waals surface area contributed by atoms with Crippen LogP contribution in [0.2, 0.25) is 0 Å². The summed E-state index contributed by atoms with van der Waals surface area (Å²) in [4.78, 5) is 34.6. The Labute approximate surface area is 163 Å². The SMILES string of the molecule is CC[C@H](C)NC(=O)COC(=O)c1ccc(NCc2ccccc2)c([N+](=O)[O-])c1. The number of anilines is 1. The molecule has 2 rings (SSSR count). The molecule has 8 nitrogen and oxygen atoms in total. The molecule has 0 heterocycles. The predicted molar refractivity (Wildman–Crippen MR) is 105 cm³/mol. The molecule has 0 fully saturated rings. The van der Waals surface area contributed by atoms with Crippen molar-refractivity contribution in [1.82, 2.24) is 5.32 Å². The summed E-state index contributed by atoms with van der Waals surface area (Å²) in [6.45, 7) is 3.72. The first kappa shape index (κ1) is 20.9. The molecule has 0 unspecified atom stereocenters. The highest BCUT2D eigenvalue weighted by atomic mass is 16.6. The number of amides is 1. The van der Waals surface area contributed by atoms with Crippen molar-refractivity contribution < 1.29 is 19.2 Å². The van der Waals surface area contributed by atoms with Gasteiger partial charge in [0.25, 0.3) is 11.6 Å². The number of rotatable bonds is 9. The molecule has 0 radical (unpaired) electrons. The minimum atomic E-state index is -0.794. The number of carbonyl (C=O) groups is 2. The molecule has 0 aliphatic heterocycles. The minimum absolute atomic E-state index is 0.00769. The lowest BCUT2D eigenvalue weighted by Crippen LogP contribution is -2.35. The van der Waals surface area contributed by atoms with Crippen molar-refractivity contribution in [3.05, 3.63) is 69.8 Å². The molecular formula is C20H23N3O5. The first-order chi connectivity index (χ1) is 13.4. The van der Waals surface area contributed by atoms with Gasteiger partial charge in [-0.1, -0.05) is 37.3 Å². The molecule has 0 saturated heterocycles. The van der Waals surface area contributed by atoms with E-state index in [1.54, 1.807) is 0 Å². The molecule has 0 aliphatic carbocycles. The van der Waals surface area contributed by atoms with Gasteiger partial charge >= 0.3 is 5.97 Å². The van der Waals surface area contributed by atoms with Crippen molar-refractivity contribution >= 4 is 23.3 Å². The van der Waals surface area contributed by atoms with Crippen LogP contribution in [0.5, 0.6) is 0 Å². The van der Waals surface area contributed by atoms with Gasteiger partial charge in [0.15, 0.2) is 6.61 Å². The van der Waals surface area contributed by atoms with E-state index in [0.717, 1.165) is 18.1 Å². The summed E-state index contributed by atoms with van der Waals surface area (Å²) in [5, 5.41) is 17.0. The van der Waals surface area contributed by atoms with E-state index in [0.29, 0.717) is 12.2 Å². The van der Waals surface area contributed by atoms with E-state index >= 15 is 0 Å². The number of esters is 1. The largest absolute Gasteiger partial charge is 0.452 e. The van der Waals surface area contributed by atoms with E-state index in [1.807, 2.05) is 44.2 Å². The number of nitro groups is 1. The van der Waals surface area contributed by atoms with Crippen LogP contribution in [0, 0.1) is 10.1 Å². The summed E-state index contributed by atoms with van der Waals surface area (Å²) in [6.07, 6.45) is 0.753. The second-order valence-electron chi connectivity index (χ2n) is 6.28. The summed E-state index contributed by atoms with van der Waals surface area (Å²) < 4.78 is 4.95. The normalized spacial score (nSPS) is 11.4. The number of ether oxygens (including phenoxy) is 1. The maximum Gasteiger partial charge on any atom is 0.338 e. The lowest BCUT2D eigenvalue weighted by Gasteiger charge is -2.12. The molecule has 1 atom stereocenters. The quantitative estimate of drug-likeness (QED) is 0.389. The van der Waals surface area contributed by atoms with E-state index in [1.165, 1.54) is 12.1 Å². The molecule has 0 saturated carbocycles. The molecule has 2 aromatic rings.